The monoisotopic (exact) mass is 870 g/mol. The highest BCUT2D eigenvalue weighted by atomic mass is 15.2. The number of aromatic nitrogens is 8. The van der Waals surface area contributed by atoms with Crippen LogP contribution in [0.3, 0.4) is 0 Å². The van der Waals surface area contributed by atoms with E-state index in [1.165, 1.54) is 0 Å². The summed E-state index contributed by atoms with van der Waals surface area (Å²) in [6.45, 7) is 0. The molecule has 13 rings (SSSR count). The fraction of sp³-hybridized carbons (Fsp3) is 0. The minimum atomic E-state index is 0.533. The predicted octanol–water partition coefficient (Wildman–Crippen LogP) is 14.3. The molecule has 13 aromatic rings. The van der Waals surface area contributed by atoms with Gasteiger partial charge in [0.05, 0.1) is 22.1 Å². The van der Waals surface area contributed by atoms with Gasteiger partial charge >= 0.3 is 0 Å². The fourth-order valence-corrected chi connectivity index (χ4v) is 9.56. The van der Waals surface area contributed by atoms with Crippen molar-refractivity contribution >= 4 is 43.6 Å². The molecule has 0 aliphatic heterocycles. The summed E-state index contributed by atoms with van der Waals surface area (Å²) in [5.41, 5.74) is 11.8. The van der Waals surface area contributed by atoms with Gasteiger partial charge in [0.25, 0.3) is 0 Å². The molecule has 0 fully saturated rings. The van der Waals surface area contributed by atoms with Gasteiger partial charge in [-0.2, -0.15) is 9.97 Å². The van der Waals surface area contributed by atoms with E-state index in [0.29, 0.717) is 35.1 Å². The van der Waals surface area contributed by atoms with Gasteiger partial charge < -0.3 is 4.57 Å². The van der Waals surface area contributed by atoms with Gasteiger partial charge in [-0.25, -0.2) is 19.9 Å². The van der Waals surface area contributed by atoms with Crippen molar-refractivity contribution in [2.75, 3.05) is 0 Å². The average molecular weight is 871 g/mol. The smallest absolute Gasteiger partial charge is 0.238 e. The van der Waals surface area contributed by atoms with Crippen LogP contribution in [0.4, 0.5) is 0 Å². The van der Waals surface area contributed by atoms with Crippen molar-refractivity contribution in [3.8, 4) is 79.7 Å². The lowest BCUT2D eigenvalue weighted by Crippen LogP contribution is -2.06. The molecule has 9 aromatic carbocycles. The summed E-state index contributed by atoms with van der Waals surface area (Å²) in [5.74, 6) is 3.55. The van der Waals surface area contributed by atoms with Crippen molar-refractivity contribution in [3.63, 3.8) is 0 Å². The van der Waals surface area contributed by atoms with E-state index in [0.717, 1.165) is 88.2 Å². The van der Waals surface area contributed by atoms with Crippen LogP contribution in [0.1, 0.15) is 0 Å². The van der Waals surface area contributed by atoms with E-state index in [1.54, 1.807) is 0 Å². The Morgan fingerprint density at radius 1 is 0.265 bits per heavy atom. The van der Waals surface area contributed by atoms with Crippen LogP contribution in [0.2, 0.25) is 0 Å². The Kier molecular flexibility index (Phi) is 9.31. The second-order valence-electron chi connectivity index (χ2n) is 16.7. The molecule has 8 heteroatoms. The molecule has 0 amide bonds. The Morgan fingerprint density at radius 2 is 0.721 bits per heavy atom. The molecule has 0 atom stereocenters. The van der Waals surface area contributed by atoms with Gasteiger partial charge in [0.2, 0.25) is 5.95 Å². The average Bonchev–Trinajstić information content (AvgIpc) is 3.95. The van der Waals surface area contributed by atoms with Crippen LogP contribution < -0.4 is 0 Å². The van der Waals surface area contributed by atoms with Crippen molar-refractivity contribution in [2.24, 2.45) is 0 Å². The topological polar surface area (TPSA) is 87.2 Å². The van der Waals surface area contributed by atoms with Crippen LogP contribution >= 0.6 is 0 Å². The standard InChI is InChI=1S/C60H38N8/c1-5-20-39(21-6-1)45-30-13-14-32-48(45)59-64-57(42-26-11-4-12-27-42)65-60(66-59)68-51-35-18-16-33-49(51)53-52(68)37-36-47-46-31-15-17-34-50(46)67(54(47)53)44-29-19-28-43(38-44)58-62-55(40-22-7-2-8-23-40)61-56(63-58)41-24-9-3-10-25-41/h1-38H. The number of hydrogen-bond acceptors (Lipinski definition) is 6. The van der Waals surface area contributed by atoms with E-state index in [-0.39, 0.29) is 0 Å². The summed E-state index contributed by atoms with van der Waals surface area (Å²) in [5, 5.41) is 4.46. The fourth-order valence-electron chi connectivity index (χ4n) is 9.56. The highest BCUT2D eigenvalue weighted by Gasteiger charge is 2.24. The summed E-state index contributed by atoms with van der Waals surface area (Å²) in [7, 11) is 0. The molecule has 68 heavy (non-hydrogen) atoms. The first-order valence-electron chi connectivity index (χ1n) is 22.6. The molecule has 0 saturated heterocycles. The maximum absolute atomic E-state index is 5.38. The third kappa shape index (κ3) is 6.62. The molecular weight excluding hydrogens is 833 g/mol. The van der Waals surface area contributed by atoms with E-state index in [2.05, 4.69) is 149 Å². The summed E-state index contributed by atoms with van der Waals surface area (Å²) in [6, 6.07) is 79.3. The van der Waals surface area contributed by atoms with Gasteiger partial charge in [0.15, 0.2) is 29.1 Å². The molecule has 4 aromatic heterocycles. The van der Waals surface area contributed by atoms with E-state index in [4.69, 9.17) is 29.9 Å². The van der Waals surface area contributed by atoms with Gasteiger partial charge in [-0.1, -0.05) is 200 Å². The van der Waals surface area contributed by atoms with Crippen LogP contribution in [0.15, 0.2) is 231 Å². The van der Waals surface area contributed by atoms with Crippen molar-refractivity contribution in [1.82, 2.24) is 39.0 Å². The van der Waals surface area contributed by atoms with Gasteiger partial charge in [0.1, 0.15) is 0 Å². The van der Waals surface area contributed by atoms with Crippen LogP contribution in [-0.4, -0.2) is 39.0 Å². The molecule has 0 aliphatic carbocycles. The number of para-hydroxylation sites is 2. The molecule has 0 saturated carbocycles. The van der Waals surface area contributed by atoms with E-state index < -0.39 is 0 Å². The van der Waals surface area contributed by atoms with Gasteiger partial charge in [-0.05, 0) is 41.5 Å². The predicted molar refractivity (Wildman–Crippen MR) is 275 cm³/mol. The second kappa shape index (κ2) is 16.2. The zero-order chi connectivity index (χ0) is 45.0. The molecule has 0 N–H and O–H groups in total. The Hall–Kier alpha value is -9.40. The van der Waals surface area contributed by atoms with Gasteiger partial charge in [-0.3, -0.25) is 4.57 Å². The number of nitrogens with zero attached hydrogens (tertiary/aromatic N) is 8. The summed E-state index contributed by atoms with van der Waals surface area (Å²) < 4.78 is 4.58. The Bertz CT molecular complexity index is 3960. The van der Waals surface area contributed by atoms with Crippen molar-refractivity contribution in [1.29, 1.82) is 0 Å². The lowest BCUT2D eigenvalue weighted by molar-refractivity contribution is 0.954. The number of rotatable bonds is 8. The maximum atomic E-state index is 5.38. The number of benzene rings is 9. The molecule has 0 unspecified atom stereocenters. The lowest BCUT2D eigenvalue weighted by atomic mass is 9.99. The van der Waals surface area contributed by atoms with Crippen molar-refractivity contribution in [3.05, 3.63) is 231 Å². The molecule has 318 valence electrons. The third-order valence-electron chi connectivity index (χ3n) is 12.6. The highest BCUT2D eigenvalue weighted by molar-refractivity contribution is 6.26. The third-order valence-corrected chi connectivity index (χ3v) is 12.6. The molecule has 0 radical (unpaired) electrons. The lowest BCUT2D eigenvalue weighted by Gasteiger charge is -2.13. The first kappa shape index (κ1) is 39.0. The molecule has 4 heterocycles. The largest absolute Gasteiger partial charge is 0.309 e. The Labute approximate surface area is 391 Å². The molecule has 0 spiro atoms. The summed E-state index contributed by atoms with van der Waals surface area (Å²) in [4.78, 5) is 31.0. The van der Waals surface area contributed by atoms with Crippen LogP contribution in [0.25, 0.3) is 123 Å². The van der Waals surface area contributed by atoms with Gasteiger partial charge in [-0.15, -0.1) is 0 Å². The maximum Gasteiger partial charge on any atom is 0.238 e. The molecule has 0 aliphatic rings. The zero-order valence-electron chi connectivity index (χ0n) is 36.5. The minimum Gasteiger partial charge on any atom is -0.309 e. The second-order valence-corrected chi connectivity index (χ2v) is 16.7. The summed E-state index contributed by atoms with van der Waals surface area (Å²) >= 11 is 0. The Balaban J connectivity index is 1.06. The van der Waals surface area contributed by atoms with E-state index in [1.807, 2.05) is 91.0 Å². The molecule has 0 bridgehead atoms. The first-order valence-corrected chi connectivity index (χ1v) is 22.6. The highest BCUT2D eigenvalue weighted by Crippen LogP contribution is 2.43. The van der Waals surface area contributed by atoms with Gasteiger partial charge in [0, 0.05) is 55.0 Å². The van der Waals surface area contributed by atoms with Crippen LogP contribution in [0.5, 0.6) is 0 Å². The van der Waals surface area contributed by atoms with E-state index >= 15 is 0 Å². The Morgan fingerprint density at radius 3 is 1.35 bits per heavy atom. The van der Waals surface area contributed by atoms with Crippen LogP contribution in [0, 0.1) is 0 Å². The minimum absolute atomic E-state index is 0.533. The molecular formula is C60H38N8. The van der Waals surface area contributed by atoms with E-state index in [9.17, 15) is 0 Å². The first-order chi connectivity index (χ1) is 33.7. The molecule has 8 nitrogen and oxygen atoms in total. The van der Waals surface area contributed by atoms with Crippen molar-refractivity contribution < 1.29 is 0 Å². The number of fused-ring (bicyclic) bond motifs is 7. The normalized spacial score (nSPS) is 11.5. The SMILES string of the molecule is c1ccc(-c2nc(-c3ccccc3)nc(-c3cccc(-n4c5ccccc5c5ccc6c(c7ccccc7n6-c6nc(-c7ccccc7)nc(-c7ccccc7-c7ccccc7)n6)c54)c3)n2)cc1. The zero-order valence-corrected chi connectivity index (χ0v) is 36.5. The quantitative estimate of drug-likeness (QED) is 0.151. The van der Waals surface area contributed by atoms with Crippen LogP contribution in [-0.2, 0) is 0 Å². The summed E-state index contributed by atoms with van der Waals surface area (Å²) in [6.07, 6.45) is 0. The van der Waals surface area contributed by atoms with Crippen molar-refractivity contribution in [2.45, 2.75) is 0 Å². The number of hydrogen-bond donors (Lipinski definition) is 0.